The lowest BCUT2D eigenvalue weighted by Crippen LogP contribution is -2.19. The molecule has 0 N–H and O–H groups in total. The van der Waals surface area contributed by atoms with E-state index in [-0.39, 0.29) is 4.90 Å². The number of halogens is 1. The van der Waals surface area contributed by atoms with E-state index >= 15 is 0 Å². The average Bonchev–Trinajstić information content (AvgIpc) is 2.84. The van der Waals surface area contributed by atoms with Gasteiger partial charge in [-0.25, -0.2) is 8.42 Å². The van der Waals surface area contributed by atoms with Gasteiger partial charge >= 0.3 is 0 Å². The Kier molecular flexibility index (Phi) is 8.60. The summed E-state index contributed by atoms with van der Waals surface area (Å²) in [6.07, 6.45) is 2.26. The van der Waals surface area contributed by atoms with Crippen molar-refractivity contribution < 1.29 is 13.0 Å². The van der Waals surface area contributed by atoms with Crippen LogP contribution in [0.4, 0.5) is 0 Å². The first kappa shape index (κ1) is 24.9. The lowest BCUT2D eigenvalue weighted by molar-refractivity contribution is 0.463. The minimum absolute atomic E-state index is 0.262. The molecule has 4 aromatic rings. The predicted octanol–water partition coefficient (Wildman–Crippen LogP) is 6.20. The molecule has 4 aromatic carbocycles. The highest BCUT2D eigenvalue weighted by molar-refractivity contribution is 7.91. The second-order valence-electron chi connectivity index (χ2n) is 7.38. The fourth-order valence-electron chi connectivity index (χ4n) is 3.20. The van der Waals surface area contributed by atoms with E-state index in [1.54, 1.807) is 0 Å². The Morgan fingerprint density at radius 2 is 1.12 bits per heavy atom. The zero-order chi connectivity index (χ0) is 23.7. The maximum atomic E-state index is 10.3. The number of hydrogen-bond acceptors (Lipinski definition) is 3. The summed E-state index contributed by atoms with van der Waals surface area (Å²) in [6, 6.07) is 37.3. The monoisotopic (exact) mass is 494 g/mol. The fraction of sp³-hybridized carbons (Fsp3) is 0.0370. The first-order chi connectivity index (χ1) is 15.8. The molecular formula is C27H24ClO3PS. The van der Waals surface area contributed by atoms with Gasteiger partial charge in [-0.2, -0.15) is 0 Å². The van der Waals surface area contributed by atoms with Crippen LogP contribution in [0, 0.1) is 0 Å². The Morgan fingerprint density at radius 1 is 0.697 bits per heavy atom. The topological polar surface area (TPSA) is 57.2 Å². The lowest BCUT2D eigenvalue weighted by Gasteiger charge is -2.19. The standard InChI is InChI=1S/C21H20P.C6H5ClO3S/c1-22(20-13-7-3-8-14-20,21-15-9-4-10-16-21)18-17-19-11-5-2-6-12-19;7-5-1-3-6(4-2-5)11(8,9)10/h2-18H,1H3;1-4H,(H,8,9,10)/q+1;/p-1/b18-17+;. The van der Waals surface area contributed by atoms with E-state index in [4.69, 9.17) is 11.6 Å². The third kappa shape index (κ3) is 7.12. The zero-order valence-electron chi connectivity index (χ0n) is 18.1. The summed E-state index contributed by atoms with van der Waals surface area (Å²) in [7, 11) is -5.85. The maximum Gasteiger partial charge on any atom is 0.124 e. The average molecular weight is 495 g/mol. The van der Waals surface area contributed by atoms with Crippen LogP contribution in [0.15, 0.2) is 126 Å². The Morgan fingerprint density at radius 3 is 1.55 bits per heavy atom. The van der Waals surface area contributed by atoms with Crippen LogP contribution in [0.2, 0.25) is 5.02 Å². The zero-order valence-corrected chi connectivity index (χ0v) is 20.5. The summed E-state index contributed by atoms with van der Waals surface area (Å²) in [6.45, 7) is 2.39. The smallest absolute Gasteiger partial charge is 0.124 e. The third-order valence-electron chi connectivity index (χ3n) is 5.05. The highest BCUT2D eigenvalue weighted by atomic mass is 35.5. The van der Waals surface area contributed by atoms with Gasteiger partial charge in [0.25, 0.3) is 0 Å². The normalized spacial score (nSPS) is 11.6. The Hall–Kier alpha value is -2.75. The van der Waals surface area contributed by atoms with E-state index in [2.05, 4.69) is 110 Å². The largest absolute Gasteiger partial charge is 0.744 e. The van der Waals surface area contributed by atoms with Crippen LogP contribution in [0.5, 0.6) is 0 Å². The van der Waals surface area contributed by atoms with Crippen molar-refractivity contribution in [2.45, 2.75) is 4.90 Å². The van der Waals surface area contributed by atoms with E-state index in [1.165, 1.54) is 40.4 Å². The molecule has 3 nitrogen and oxygen atoms in total. The third-order valence-corrected chi connectivity index (χ3v) is 9.64. The van der Waals surface area contributed by atoms with E-state index in [9.17, 15) is 13.0 Å². The second kappa shape index (κ2) is 11.4. The molecule has 0 aromatic heterocycles. The Bertz CT molecular complexity index is 1240. The Labute approximate surface area is 201 Å². The van der Waals surface area contributed by atoms with Crippen LogP contribution in [-0.2, 0) is 10.1 Å². The van der Waals surface area contributed by atoms with Gasteiger partial charge in [0.1, 0.15) is 28.0 Å². The van der Waals surface area contributed by atoms with Gasteiger partial charge in [-0.05, 0) is 60.2 Å². The lowest BCUT2D eigenvalue weighted by atomic mass is 10.2. The SMILES string of the molecule is C[P+](/C=C/c1ccccc1)(c1ccccc1)c1ccccc1.O=S(=O)([O-])c1ccc(Cl)cc1. The van der Waals surface area contributed by atoms with E-state index in [0.717, 1.165) is 0 Å². The quantitative estimate of drug-likeness (QED) is 0.245. The van der Waals surface area contributed by atoms with Crippen molar-refractivity contribution in [1.29, 1.82) is 0 Å². The Balaban J connectivity index is 0.000000235. The molecule has 0 radical (unpaired) electrons. The van der Waals surface area contributed by atoms with Gasteiger partial charge in [-0.3, -0.25) is 0 Å². The van der Waals surface area contributed by atoms with Crippen molar-refractivity contribution in [1.82, 2.24) is 0 Å². The van der Waals surface area contributed by atoms with Crippen molar-refractivity contribution in [3.8, 4) is 0 Å². The molecule has 0 heterocycles. The van der Waals surface area contributed by atoms with Crippen molar-refractivity contribution in [3.63, 3.8) is 0 Å². The molecule has 168 valence electrons. The summed E-state index contributed by atoms with van der Waals surface area (Å²) < 4.78 is 31.0. The van der Waals surface area contributed by atoms with Gasteiger partial charge in [0, 0.05) is 5.02 Å². The molecule has 6 heteroatoms. The molecule has 0 aliphatic carbocycles. The summed E-state index contributed by atoms with van der Waals surface area (Å²) in [4.78, 5) is -0.262. The minimum Gasteiger partial charge on any atom is -0.744 e. The van der Waals surface area contributed by atoms with Crippen molar-refractivity contribution in [3.05, 3.63) is 132 Å². The molecule has 0 aliphatic heterocycles. The van der Waals surface area contributed by atoms with Gasteiger partial charge < -0.3 is 4.55 Å². The molecule has 0 spiro atoms. The highest BCUT2D eigenvalue weighted by Crippen LogP contribution is 2.54. The molecule has 0 saturated heterocycles. The second-order valence-corrected chi connectivity index (χ2v) is 12.7. The van der Waals surface area contributed by atoms with Gasteiger partial charge in [0.05, 0.1) is 17.4 Å². The minimum atomic E-state index is -4.33. The van der Waals surface area contributed by atoms with Crippen LogP contribution in [-0.4, -0.2) is 19.6 Å². The molecule has 0 bridgehead atoms. The van der Waals surface area contributed by atoms with Gasteiger partial charge in [-0.1, -0.05) is 78.3 Å². The number of benzene rings is 4. The first-order valence-corrected chi connectivity index (χ1v) is 14.3. The number of hydrogen-bond donors (Lipinski definition) is 0. The summed E-state index contributed by atoms with van der Waals surface area (Å²) >= 11 is 5.46. The summed E-state index contributed by atoms with van der Waals surface area (Å²) in [5.74, 6) is 2.41. The van der Waals surface area contributed by atoms with Crippen molar-refractivity contribution in [2.24, 2.45) is 0 Å². The molecular weight excluding hydrogens is 471 g/mol. The van der Waals surface area contributed by atoms with E-state index in [0.29, 0.717) is 5.02 Å². The van der Waals surface area contributed by atoms with Gasteiger partial charge in [0.2, 0.25) is 0 Å². The molecule has 33 heavy (non-hydrogen) atoms. The van der Waals surface area contributed by atoms with Crippen LogP contribution >= 0.6 is 18.9 Å². The molecule has 4 rings (SSSR count). The maximum absolute atomic E-state index is 10.3. The summed E-state index contributed by atoms with van der Waals surface area (Å²) in [5, 5.41) is 3.22. The molecule has 0 aliphatic rings. The molecule has 0 atom stereocenters. The first-order valence-electron chi connectivity index (χ1n) is 10.2. The van der Waals surface area contributed by atoms with E-state index < -0.39 is 17.4 Å². The highest BCUT2D eigenvalue weighted by Gasteiger charge is 2.34. The molecule has 0 saturated carbocycles. The van der Waals surface area contributed by atoms with Crippen LogP contribution in [0.1, 0.15) is 5.56 Å². The fourth-order valence-corrected chi connectivity index (χ4v) is 6.49. The summed E-state index contributed by atoms with van der Waals surface area (Å²) in [5.41, 5.74) is 1.25. The van der Waals surface area contributed by atoms with Crippen LogP contribution in [0.3, 0.4) is 0 Å². The van der Waals surface area contributed by atoms with Crippen molar-refractivity contribution >= 4 is 45.7 Å². The van der Waals surface area contributed by atoms with Gasteiger partial charge in [-0.15, -0.1) is 0 Å². The van der Waals surface area contributed by atoms with Crippen LogP contribution in [0.25, 0.3) is 6.08 Å². The van der Waals surface area contributed by atoms with Gasteiger partial charge in [0.15, 0.2) is 0 Å². The molecule has 0 fully saturated rings. The predicted molar refractivity (Wildman–Crippen MR) is 140 cm³/mol. The van der Waals surface area contributed by atoms with E-state index in [1.807, 2.05) is 0 Å². The molecule has 0 unspecified atom stereocenters. The molecule has 0 amide bonds. The van der Waals surface area contributed by atoms with Crippen molar-refractivity contribution in [2.75, 3.05) is 6.66 Å². The van der Waals surface area contributed by atoms with Crippen LogP contribution < -0.4 is 10.6 Å². The number of rotatable bonds is 5.